The summed E-state index contributed by atoms with van der Waals surface area (Å²) in [6.07, 6.45) is 1.61. The molecule has 1 aromatic heterocycles. The molecule has 7 nitrogen and oxygen atoms in total. The SMILES string of the molecule is COc1ccc(Br)cc1/C=N/Nc1nnc(SCc2ccc(Cl)c(Cl)c2)n1N. The van der Waals surface area contributed by atoms with Gasteiger partial charge >= 0.3 is 0 Å². The van der Waals surface area contributed by atoms with E-state index >= 15 is 0 Å². The molecule has 0 saturated heterocycles. The quantitative estimate of drug-likeness (QED) is 0.209. The molecule has 3 aromatic rings. The summed E-state index contributed by atoms with van der Waals surface area (Å²) in [5, 5.41) is 13.8. The van der Waals surface area contributed by atoms with Crippen LogP contribution in [0.5, 0.6) is 5.75 Å². The minimum atomic E-state index is 0.307. The lowest BCUT2D eigenvalue weighted by atomic mass is 10.2. The van der Waals surface area contributed by atoms with Crippen molar-refractivity contribution in [1.29, 1.82) is 0 Å². The van der Waals surface area contributed by atoms with Crippen LogP contribution in [0.3, 0.4) is 0 Å². The molecule has 3 N–H and O–H groups in total. The van der Waals surface area contributed by atoms with Crippen LogP contribution in [0.15, 0.2) is 51.1 Å². The Morgan fingerprint density at radius 3 is 2.82 bits per heavy atom. The minimum Gasteiger partial charge on any atom is -0.496 e. The van der Waals surface area contributed by atoms with E-state index in [2.05, 4.69) is 36.7 Å². The van der Waals surface area contributed by atoms with E-state index in [1.54, 1.807) is 19.4 Å². The molecule has 0 bridgehead atoms. The van der Waals surface area contributed by atoms with Crippen LogP contribution in [0.25, 0.3) is 0 Å². The fourth-order valence-corrected chi connectivity index (χ4v) is 3.69. The third-order valence-electron chi connectivity index (χ3n) is 3.58. The number of ether oxygens (including phenoxy) is 1. The molecule has 0 atom stereocenters. The highest BCUT2D eigenvalue weighted by Gasteiger charge is 2.10. The van der Waals surface area contributed by atoms with E-state index in [9.17, 15) is 0 Å². The number of methoxy groups -OCH3 is 1. The monoisotopic (exact) mass is 500 g/mol. The number of hydrazone groups is 1. The van der Waals surface area contributed by atoms with Gasteiger partial charge < -0.3 is 10.6 Å². The van der Waals surface area contributed by atoms with E-state index in [1.807, 2.05) is 30.3 Å². The number of anilines is 1. The molecule has 0 unspecified atom stereocenters. The van der Waals surface area contributed by atoms with Crippen LogP contribution in [0.2, 0.25) is 10.0 Å². The van der Waals surface area contributed by atoms with E-state index in [0.717, 1.165) is 15.6 Å². The third kappa shape index (κ3) is 5.11. The Labute approximate surface area is 184 Å². The molecule has 28 heavy (non-hydrogen) atoms. The molecule has 0 aliphatic rings. The van der Waals surface area contributed by atoms with Gasteiger partial charge in [0.25, 0.3) is 5.95 Å². The Kier molecular flexibility index (Phi) is 7.06. The second-order valence-electron chi connectivity index (χ2n) is 5.47. The van der Waals surface area contributed by atoms with Crippen molar-refractivity contribution >= 4 is 63.1 Å². The molecule has 0 fully saturated rings. The number of aromatic nitrogens is 3. The molecule has 2 aromatic carbocycles. The van der Waals surface area contributed by atoms with Gasteiger partial charge in [-0.05, 0) is 35.9 Å². The molecule has 1 heterocycles. The topological polar surface area (TPSA) is 90.3 Å². The van der Waals surface area contributed by atoms with Crippen molar-refractivity contribution in [2.45, 2.75) is 10.9 Å². The summed E-state index contributed by atoms with van der Waals surface area (Å²) in [6, 6.07) is 11.1. The minimum absolute atomic E-state index is 0.307. The van der Waals surface area contributed by atoms with Gasteiger partial charge in [-0.2, -0.15) is 5.10 Å². The fourth-order valence-electron chi connectivity index (χ4n) is 2.19. The molecular formula is C17H15BrCl2N6OS. The molecular weight excluding hydrogens is 487 g/mol. The molecule has 0 aliphatic carbocycles. The van der Waals surface area contributed by atoms with Gasteiger partial charge in [-0.3, -0.25) is 0 Å². The van der Waals surface area contributed by atoms with Crippen LogP contribution < -0.4 is 16.0 Å². The molecule has 0 amide bonds. The van der Waals surface area contributed by atoms with Crippen LogP contribution in [0.4, 0.5) is 5.95 Å². The van der Waals surface area contributed by atoms with Crippen molar-refractivity contribution in [3.8, 4) is 5.75 Å². The van der Waals surface area contributed by atoms with E-state index in [1.165, 1.54) is 16.4 Å². The molecule has 0 radical (unpaired) electrons. The third-order valence-corrected chi connectivity index (χ3v) is 5.82. The van der Waals surface area contributed by atoms with Crippen LogP contribution in [0, 0.1) is 0 Å². The standard InChI is InChI=1S/C17H15BrCl2N6OS/c1-27-15-5-3-12(18)7-11(15)8-22-23-16-24-25-17(26(16)21)28-9-10-2-4-13(19)14(20)6-10/h2-8H,9,21H2,1H3,(H,23,24)/b22-8+. The van der Waals surface area contributed by atoms with Gasteiger partial charge in [-0.1, -0.05) is 57.0 Å². The number of nitrogens with two attached hydrogens (primary N) is 1. The fraction of sp³-hybridized carbons (Fsp3) is 0.118. The number of thioether (sulfide) groups is 1. The Morgan fingerprint density at radius 2 is 2.07 bits per heavy atom. The maximum absolute atomic E-state index is 6.04. The Bertz CT molecular complexity index is 1010. The summed E-state index contributed by atoms with van der Waals surface area (Å²) in [4.78, 5) is 0. The van der Waals surface area contributed by atoms with Gasteiger partial charge in [-0.25, -0.2) is 10.1 Å². The highest BCUT2D eigenvalue weighted by Crippen LogP contribution is 2.27. The number of nitrogens with one attached hydrogen (secondary N) is 1. The average Bonchev–Trinajstić information content (AvgIpc) is 3.03. The molecule has 0 spiro atoms. The van der Waals surface area contributed by atoms with Crippen LogP contribution in [-0.4, -0.2) is 28.2 Å². The Balaban J connectivity index is 1.64. The van der Waals surface area contributed by atoms with Gasteiger partial charge in [0, 0.05) is 15.8 Å². The molecule has 0 aliphatic heterocycles. The van der Waals surface area contributed by atoms with Crippen molar-refractivity contribution in [2.24, 2.45) is 5.10 Å². The van der Waals surface area contributed by atoms with Gasteiger partial charge in [0.05, 0.1) is 23.4 Å². The lowest BCUT2D eigenvalue weighted by Gasteiger charge is -2.05. The summed E-state index contributed by atoms with van der Waals surface area (Å²) in [5.74, 6) is 7.65. The van der Waals surface area contributed by atoms with E-state index in [-0.39, 0.29) is 0 Å². The number of halogens is 3. The summed E-state index contributed by atoms with van der Waals surface area (Å²) in [7, 11) is 1.60. The number of rotatable bonds is 7. The van der Waals surface area contributed by atoms with Crippen molar-refractivity contribution in [1.82, 2.24) is 14.9 Å². The molecule has 0 saturated carbocycles. The van der Waals surface area contributed by atoms with Gasteiger partial charge in [-0.15, -0.1) is 10.2 Å². The summed E-state index contributed by atoms with van der Waals surface area (Å²) in [5.41, 5.74) is 4.57. The number of nitrogens with zero attached hydrogens (tertiary/aromatic N) is 4. The van der Waals surface area contributed by atoms with Gasteiger partial charge in [0.2, 0.25) is 5.16 Å². The second-order valence-corrected chi connectivity index (χ2v) is 8.14. The van der Waals surface area contributed by atoms with Gasteiger partial charge in [0.1, 0.15) is 5.75 Å². The number of nitrogen functional groups attached to an aromatic ring is 1. The van der Waals surface area contributed by atoms with E-state index < -0.39 is 0 Å². The molecule has 146 valence electrons. The molecule has 11 heteroatoms. The van der Waals surface area contributed by atoms with Crippen molar-refractivity contribution in [3.63, 3.8) is 0 Å². The lowest BCUT2D eigenvalue weighted by Crippen LogP contribution is -2.13. The highest BCUT2D eigenvalue weighted by atomic mass is 79.9. The first-order valence-electron chi connectivity index (χ1n) is 7.87. The number of hydrogen-bond donors (Lipinski definition) is 2. The first-order chi connectivity index (χ1) is 13.5. The number of hydrogen-bond acceptors (Lipinski definition) is 7. The second kappa shape index (κ2) is 9.51. The highest BCUT2D eigenvalue weighted by molar-refractivity contribution is 9.10. The summed E-state index contributed by atoms with van der Waals surface area (Å²) >= 11 is 16.8. The summed E-state index contributed by atoms with van der Waals surface area (Å²) < 4.78 is 7.55. The van der Waals surface area contributed by atoms with Crippen molar-refractivity contribution in [3.05, 3.63) is 62.0 Å². The van der Waals surface area contributed by atoms with Crippen molar-refractivity contribution < 1.29 is 4.74 Å². The van der Waals surface area contributed by atoms with Crippen LogP contribution in [0.1, 0.15) is 11.1 Å². The summed E-state index contributed by atoms with van der Waals surface area (Å²) in [6.45, 7) is 0. The average molecular weight is 502 g/mol. The van der Waals surface area contributed by atoms with E-state index in [0.29, 0.717) is 32.7 Å². The first kappa shape index (κ1) is 20.8. The van der Waals surface area contributed by atoms with Gasteiger partial charge in [0.15, 0.2) is 0 Å². The van der Waals surface area contributed by atoms with Crippen molar-refractivity contribution in [2.75, 3.05) is 18.4 Å². The zero-order valence-corrected chi connectivity index (χ0v) is 18.5. The van der Waals surface area contributed by atoms with E-state index in [4.69, 9.17) is 33.8 Å². The smallest absolute Gasteiger partial charge is 0.264 e. The van der Waals surface area contributed by atoms with Crippen LogP contribution >= 0.6 is 50.9 Å². The Hall–Kier alpha value is -1.94. The lowest BCUT2D eigenvalue weighted by molar-refractivity contribution is 0.414. The maximum atomic E-state index is 6.04. The zero-order valence-electron chi connectivity index (χ0n) is 14.6. The predicted molar refractivity (Wildman–Crippen MR) is 118 cm³/mol. The predicted octanol–water partition coefficient (Wildman–Crippen LogP) is 4.81. The number of benzene rings is 2. The van der Waals surface area contributed by atoms with Crippen LogP contribution in [-0.2, 0) is 5.75 Å². The normalized spacial score (nSPS) is 11.1. The largest absolute Gasteiger partial charge is 0.496 e. The maximum Gasteiger partial charge on any atom is 0.264 e. The molecule has 3 rings (SSSR count). The Morgan fingerprint density at radius 1 is 1.25 bits per heavy atom. The zero-order chi connectivity index (χ0) is 20.1. The first-order valence-corrected chi connectivity index (χ1v) is 10.4.